The smallest absolute Gasteiger partial charge is 0.417 e. The van der Waals surface area contributed by atoms with Crippen LogP contribution in [0.4, 0.5) is 18.9 Å². The van der Waals surface area contributed by atoms with Crippen molar-refractivity contribution in [1.82, 2.24) is 0 Å². The Bertz CT molecular complexity index is 634. The number of hydrogen-bond acceptors (Lipinski definition) is 2. The second-order valence-electron chi connectivity index (χ2n) is 4.32. The van der Waals surface area contributed by atoms with Gasteiger partial charge in [0.1, 0.15) is 5.75 Å². The standard InChI is InChI=1S/C13H10F3NO/c14-13(15,16)9-3-1-2-8-11(18)6-10-7(12(8)9)4-5-17-10/h1-3,6,17-18H,4-5H2. The molecule has 2 N–H and O–H groups in total. The van der Waals surface area contributed by atoms with Gasteiger partial charge < -0.3 is 10.4 Å². The van der Waals surface area contributed by atoms with Gasteiger partial charge in [0.2, 0.25) is 0 Å². The molecule has 0 aromatic heterocycles. The molecular weight excluding hydrogens is 243 g/mol. The first-order chi connectivity index (χ1) is 8.48. The van der Waals surface area contributed by atoms with E-state index in [0.29, 0.717) is 24.2 Å². The van der Waals surface area contributed by atoms with Crippen molar-refractivity contribution in [3.8, 4) is 5.75 Å². The summed E-state index contributed by atoms with van der Waals surface area (Å²) in [6, 6.07) is 5.38. The van der Waals surface area contributed by atoms with Gasteiger partial charge in [0.15, 0.2) is 0 Å². The van der Waals surface area contributed by atoms with Crippen molar-refractivity contribution >= 4 is 16.5 Å². The summed E-state index contributed by atoms with van der Waals surface area (Å²) in [5, 5.41) is 13.2. The summed E-state index contributed by atoms with van der Waals surface area (Å²) in [4.78, 5) is 0. The number of alkyl halides is 3. The molecule has 0 amide bonds. The number of halogens is 3. The van der Waals surface area contributed by atoms with Gasteiger partial charge in [-0.15, -0.1) is 0 Å². The van der Waals surface area contributed by atoms with Crippen LogP contribution < -0.4 is 5.32 Å². The molecule has 2 nitrogen and oxygen atoms in total. The summed E-state index contributed by atoms with van der Waals surface area (Å²) in [5.41, 5.74) is 0.545. The van der Waals surface area contributed by atoms with Crippen molar-refractivity contribution in [3.63, 3.8) is 0 Å². The van der Waals surface area contributed by atoms with E-state index in [0.717, 1.165) is 6.07 Å². The van der Waals surface area contributed by atoms with Crippen molar-refractivity contribution in [2.45, 2.75) is 12.6 Å². The largest absolute Gasteiger partial charge is 0.507 e. The summed E-state index contributed by atoms with van der Waals surface area (Å²) < 4.78 is 39.0. The lowest BCUT2D eigenvalue weighted by Gasteiger charge is -2.14. The number of benzene rings is 2. The Labute approximate surface area is 101 Å². The predicted molar refractivity (Wildman–Crippen MR) is 62.8 cm³/mol. The monoisotopic (exact) mass is 253 g/mol. The molecule has 0 saturated carbocycles. The lowest BCUT2D eigenvalue weighted by Crippen LogP contribution is -2.06. The molecule has 1 aliphatic heterocycles. The summed E-state index contributed by atoms with van der Waals surface area (Å²) in [7, 11) is 0. The second-order valence-corrected chi connectivity index (χ2v) is 4.32. The van der Waals surface area contributed by atoms with Crippen LogP contribution in [0.5, 0.6) is 5.75 Å². The van der Waals surface area contributed by atoms with Crippen LogP contribution in [0.15, 0.2) is 24.3 Å². The zero-order valence-electron chi connectivity index (χ0n) is 9.30. The summed E-state index contributed by atoms with van der Waals surface area (Å²) >= 11 is 0. The van der Waals surface area contributed by atoms with E-state index in [1.807, 2.05) is 0 Å². The first-order valence-electron chi connectivity index (χ1n) is 5.57. The molecule has 0 bridgehead atoms. The Morgan fingerprint density at radius 3 is 2.72 bits per heavy atom. The molecule has 18 heavy (non-hydrogen) atoms. The van der Waals surface area contributed by atoms with Gasteiger partial charge >= 0.3 is 6.18 Å². The number of phenolic OH excluding ortho intramolecular Hbond substituents is 1. The van der Waals surface area contributed by atoms with Crippen LogP contribution in [0.2, 0.25) is 0 Å². The maximum absolute atomic E-state index is 13.0. The third-order valence-electron chi connectivity index (χ3n) is 3.24. The topological polar surface area (TPSA) is 32.3 Å². The van der Waals surface area contributed by atoms with Crippen LogP contribution in [0.25, 0.3) is 10.8 Å². The molecule has 0 atom stereocenters. The van der Waals surface area contributed by atoms with E-state index in [9.17, 15) is 18.3 Å². The molecule has 0 unspecified atom stereocenters. The molecule has 2 aromatic carbocycles. The average molecular weight is 253 g/mol. The summed E-state index contributed by atoms with van der Waals surface area (Å²) in [6.45, 7) is 0.597. The third-order valence-corrected chi connectivity index (χ3v) is 3.24. The van der Waals surface area contributed by atoms with Crippen molar-refractivity contribution < 1.29 is 18.3 Å². The Kier molecular flexibility index (Phi) is 2.20. The van der Waals surface area contributed by atoms with Crippen molar-refractivity contribution in [1.29, 1.82) is 0 Å². The quantitative estimate of drug-likeness (QED) is 0.752. The number of aromatic hydroxyl groups is 1. The number of phenols is 1. The predicted octanol–water partition coefficient (Wildman–Crippen LogP) is 3.53. The van der Waals surface area contributed by atoms with E-state index < -0.39 is 11.7 Å². The van der Waals surface area contributed by atoms with Crippen molar-refractivity contribution in [2.75, 3.05) is 11.9 Å². The van der Waals surface area contributed by atoms with E-state index in [-0.39, 0.29) is 16.5 Å². The van der Waals surface area contributed by atoms with E-state index >= 15 is 0 Å². The van der Waals surface area contributed by atoms with Gasteiger partial charge in [-0.3, -0.25) is 0 Å². The highest BCUT2D eigenvalue weighted by Gasteiger charge is 2.34. The highest BCUT2D eigenvalue weighted by atomic mass is 19.4. The van der Waals surface area contributed by atoms with Gasteiger partial charge in [0, 0.05) is 29.1 Å². The fraction of sp³-hybridized carbons (Fsp3) is 0.231. The maximum atomic E-state index is 13.0. The van der Waals surface area contributed by atoms with Gasteiger partial charge in [-0.25, -0.2) is 0 Å². The van der Waals surface area contributed by atoms with E-state index in [4.69, 9.17) is 0 Å². The summed E-state index contributed by atoms with van der Waals surface area (Å²) in [5.74, 6) is -0.121. The molecule has 1 aliphatic rings. The van der Waals surface area contributed by atoms with E-state index in [1.165, 1.54) is 18.2 Å². The van der Waals surface area contributed by atoms with Crippen LogP contribution in [0.3, 0.4) is 0 Å². The van der Waals surface area contributed by atoms with E-state index in [1.54, 1.807) is 0 Å². The van der Waals surface area contributed by atoms with Gasteiger partial charge in [0.25, 0.3) is 0 Å². The fourth-order valence-corrected chi connectivity index (χ4v) is 2.50. The first kappa shape index (κ1) is 11.2. The Hall–Kier alpha value is -1.91. The lowest BCUT2D eigenvalue weighted by molar-refractivity contribution is -0.136. The van der Waals surface area contributed by atoms with Crippen LogP contribution in [-0.4, -0.2) is 11.7 Å². The minimum atomic E-state index is -4.41. The molecule has 0 fully saturated rings. The Morgan fingerprint density at radius 2 is 2.00 bits per heavy atom. The number of fused-ring (bicyclic) bond motifs is 3. The van der Waals surface area contributed by atoms with Gasteiger partial charge in [-0.1, -0.05) is 12.1 Å². The van der Waals surface area contributed by atoms with Crippen LogP contribution in [-0.2, 0) is 12.6 Å². The highest BCUT2D eigenvalue weighted by molar-refractivity contribution is 5.98. The van der Waals surface area contributed by atoms with E-state index in [2.05, 4.69) is 5.32 Å². The zero-order valence-corrected chi connectivity index (χ0v) is 9.30. The molecule has 5 heteroatoms. The molecule has 0 radical (unpaired) electrons. The van der Waals surface area contributed by atoms with Crippen LogP contribution in [0.1, 0.15) is 11.1 Å². The average Bonchev–Trinajstić information content (AvgIpc) is 2.75. The molecule has 2 aromatic rings. The normalized spacial score (nSPS) is 14.6. The number of hydrogen-bond donors (Lipinski definition) is 2. The molecule has 0 aliphatic carbocycles. The maximum Gasteiger partial charge on any atom is 0.417 e. The van der Waals surface area contributed by atoms with Gasteiger partial charge in [0.05, 0.1) is 5.56 Å². The molecular formula is C13H10F3NO. The molecule has 0 spiro atoms. The van der Waals surface area contributed by atoms with Crippen LogP contribution in [0, 0.1) is 0 Å². The van der Waals surface area contributed by atoms with Crippen molar-refractivity contribution in [3.05, 3.63) is 35.4 Å². The number of rotatable bonds is 0. The SMILES string of the molecule is Oc1cc2c(c3c(C(F)(F)F)cccc13)CCN2. The highest BCUT2D eigenvalue weighted by Crippen LogP contribution is 2.43. The zero-order chi connectivity index (χ0) is 12.9. The number of nitrogens with one attached hydrogen (secondary N) is 1. The third kappa shape index (κ3) is 1.50. The van der Waals surface area contributed by atoms with Gasteiger partial charge in [-0.2, -0.15) is 13.2 Å². The Balaban J connectivity index is 2.46. The number of anilines is 1. The summed E-state index contributed by atoms with van der Waals surface area (Å²) in [6.07, 6.45) is -3.87. The minimum absolute atomic E-state index is 0.116. The second kappa shape index (κ2) is 3.54. The molecule has 1 heterocycles. The fourth-order valence-electron chi connectivity index (χ4n) is 2.50. The van der Waals surface area contributed by atoms with Gasteiger partial charge in [-0.05, 0) is 18.1 Å². The lowest BCUT2D eigenvalue weighted by atomic mass is 9.96. The minimum Gasteiger partial charge on any atom is -0.507 e. The molecule has 0 saturated heterocycles. The molecule has 3 rings (SSSR count). The first-order valence-corrected chi connectivity index (χ1v) is 5.57. The Morgan fingerprint density at radius 1 is 1.22 bits per heavy atom. The van der Waals surface area contributed by atoms with Crippen LogP contribution >= 0.6 is 0 Å². The molecule has 94 valence electrons. The van der Waals surface area contributed by atoms with Crippen molar-refractivity contribution in [2.24, 2.45) is 0 Å².